The standard InChI is InChI=1S/C21H25N3O3/c1-4-12-24(14-20(26)23-19-11-6-5-8-15(19)2)21(27)17-9-7-10-18(13-17)22-16(3)25/h5-11,13H,4,12,14H2,1-3H3,(H,22,25)(H,23,26). The molecule has 142 valence electrons. The molecule has 0 saturated heterocycles. The molecular weight excluding hydrogens is 342 g/mol. The maximum absolute atomic E-state index is 12.9. The quantitative estimate of drug-likeness (QED) is 0.787. The summed E-state index contributed by atoms with van der Waals surface area (Å²) in [5.74, 6) is -0.698. The van der Waals surface area contributed by atoms with Crippen LogP contribution in [0.3, 0.4) is 0 Å². The van der Waals surface area contributed by atoms with Gasteiger partial charge in [0.1, 0.15) is 6.54 Å². The minimum absolute atomic E-state index is 0.0363. The van der Waals surface area contributed by atoms with Crippen LogP contribution >= 0.6 is 0 Å². The molecule has 27 heavy (non-hydrogen) atoms. The normalized spacial score (nSPS) is 10.2. The van der Waals surface area contributed by atoms with Gasteiger partial charge in [-0.25, -0.2) is 0 Å². The summed E-state index contributed by atoms with van der Waals surface area (Å²) in [5, 5.41) is 5.51. The summed E-state index contributed by atoms with van der Waals surface area (Å²) >= 11 is 0. The van der Waals surface area contributed by atoms with Crippen LogP contribution < -0.4 is 10.6 Å². The SMILES string of the molecule is CCCN(CC(=O)Nc1ccccc1C)C(=O)c1cccc(NC(C)=O)c1. The molecule has 0 bridgehead atoms. The molecule has 6 nitrogen and oxygen atoms in total. The Morgan fingerprint density at radius 3 is 2.41 bits per heavy atom. The van der Waals surface area contributed by atoms with Crippen LogP contribution in [0.5, 0.6) is 0 Å². The third-order valence-corrected chi connectivity index (χ3v) is 3.96. The summed E-state index contributed by atoms with van der Waals surface area (Å²) in [4.78, 5) is 38.0. The lowest BCUT2D eigenvalue weighted by atomic mass is 10.1. The van der Waals surface area contributed by atoms with Gasteiger partial charge in [-0.2, -0.15) is 0 Å². The van der Waals surface area contributed by atoms with E-state index in [0.717, 1.165) is 17.7 Å². The zero-order chi connectivity index (χ0) is 19.8. The van der Waals surface area contributed by atoms with Crippen molar-refractivity contribution in [3.05, 3.63) is 59.7 Å². The molecule has 3 amide bonds. The van der Waals surface area contributed by atoms with E-state index in [4.69, 9.17) is 0 Å². The van der Waals surface area contributed by atoms with Crippen molar-refractivity contribution in [3.8, 4) is 0 Å². The van der Waals surface area contributed by atoms with Gasteiger partial charge in [0.15, 0.2) is 0 Å². The molecule has 0 aliphatic carbocycles. The van der Waals surface area contributed by atoms with E-state index in [2.05, 4.69) is 10.6 Å². The highest BCUT2D eigenvalue weighted by Gasteiger charge is 2.19. The molecule has 6 heteroatoms. The van der Waals surface area contributed by atoms with Gasteiger partial charge in [0.05, 0.1) is 0 Å². The van der Waals surface area contributed by atoms with E-state index in [1.807, 2.05) is 38.1 Å². The highest BCUT2D eigenvalue weighted by molar-refractivity contribution is 6.00. The molecular formula is C21H25N3O3. The largest absolute Gasteiger partial charge is 0.329 e. The van der Waals surface area contributed by atoms with Crippen LogP contribution in [0.1, 0.15) is 36.2 Å². The molecule has 0 heterocycles. The van der Waals surface area contributed by atoms with Crippen molar-refractivity contribution in [2.24, 2.45) is 0 Å². The van der Waals surface area contributed by atoms with Crippen LogP contribution in [0.4, 0.5) is 11.4 Å². The summed E-state index contributed by atoms with van der Waals surface area (Å²) in [5.41, 5.74) is 2.67. The molecule has 0 atom stereocenters. The fourth-order valence-electron chi connectivity index (χ4n) is 2.71. The first-order chi connectivity index (χ1) is 12.9. The second-order valence-corrected chi connectivity index (χ2v) is 6.35. The highest BCUT2D eigenvalue weighted by Crippen LogP contribution is 2.15. The zero-order valence-electron chi connectivity index (χ0n) is 15.9. The molecule has 0 saturated carbocycles. The number of amides is 3. The predicted molar refractivity (Wildman–Crippen MR) is 107 cm³/mol. The number of rotatable bonds is 7. The fourth-order valence-corrected chi connectivity index (χ4v) is 2.71. The first-order valence-corrected chi connectivity index (χ1v) is 8.93. The summed E-state index contributed by atoms with van der Waals surface area (Å²) in [6.45, 7) is 5.70. The maximum atomic E-state index is 12.9. The molecule has 0 aliphatic rings. The number of nitrogens with zero attached hydrogens (tertiary/aromatic N) is 1. The number of anilines is 2. The minimum atomic E-state index is -0.246. The molecule has 2 aromatic rings. The Balaban J connectivity index is 2.11. The Morgan fingerprint density at radius 2 is 1.74 bits per heavy atom. The van der Waals surface area contributed by atoms with Crippen LogP contribution in [0.15, 0.2) is 48.5 Å². The lowest BCUT2D eigenvalue weighted by Gasteiger charge is -2.22. The van der Waals surface area contributed by atoms with E-state index < -0.39 is 0 Å². The number of hydrogen-bond acceptors (Lipinski definition) is 3. The number of para-hydroxylation sites is 1. The van der Waals surface area contributed by atoms with Gasteiger partial charge < -0.3 is 15.5 Å². The van der Waals surface area contributed by atoms with Crippen molar-refractivity contribution in [2.75, 3.05) is 23.7 Å². The summed E-state index contributed by atoms with van der Waals surface area (Å²) in [6.07, 6.45) is 0.731. The Hall–Kier alpha value is -3.15. The van der Waals surface area contributed by atoms with Gasteiger partial charge in [-0.05, 0) is 43.2 Å². The molecule has 2 N–H and O–H groups in total. The van der Waals surface area contributed by atoms with Gasteiger partial charge >= 0.3 is 0 Å². The molecule has 2 aromatic carbocycles. The summed E-state index contributed by atoms with van der Waals surface area (Å²) < 4.78 is 0. The molecule has 0 unspecified atom stereocenters. The van der Waals surface area contributed by atoms with E-state index in [1.54, 1.807) is 24.3 Å². The molecule has 0 radical (unpaired) electrons. The van der Waals surface area contributed by atoms with Crippen LogP contribution in [0.25, 0.3) is 0 Å². The summed E-state index contributed by atoms with van der Waals surface area (Å²) in [7, 11) is 0. The van der Waals surface area contributed by atoms with E-state index >= 15 is 0 Å². The van der Waals surface area contributed by atoms with Crippen molar-refractivity contribution in [1.82, 2.24) is 4.90 Å². The Bertz CT molecular complexity index is 833. The molecule has 0 aliphatic heterocycles. The second-order valence-electron chi connectivity index (χ2n) is 6.35. The van der Waals surface area contributed by atoms with E-state index in [9.17, 15) is 14.4 Å². The van der Waals surface area contributed by atoms with E-state index in [0.29, 0.717) is 17.8 Å². The van der Waals surface area contributed by atoms with E-state index in [-0.39, 0.29) is 24.3 Å². The number of nitrogens with one attached hydrogen (secondary N) is 2. The molecule has 0 spiro atoms. The third-order valence-electron chi connectivity index (χ3n) is 3.96. The number of aryl methyl sites for hydroxylation is 1. The fraction of sp³-hybridized carbons (Fsp3) is 0.286. The van der Waals surface area contributed by atoms with Crippen molar-refractivity contribution in [1.29, 1.82) is 0 Å². The highest BCUT2D eigenvalue weighted by atomic mass is 16.2. The summed E-state index contributed by atoms with van der Waals surface area (Å²) in [6, 6.07) is 14.2. The van der Waals surface area contributed by atoms with Gasteiger partial charge in [0.2, 0.25) is 11.8 Å². The monoisotopic (exact) mass is 367 g/mol. The van der Waals surface area contributed by atoms with Crippen LogP contribution in [0.2, 0.25) is 0 Å². The van der Waals surface area contributed by atoms with Gasteiger partial charge in [0.25, 0.3) is 5.91 Å². The predicted octanol–water partition coefficient (Wildman–Crippen LogP) is 3.44. The smallest absolute Gasteiger partial charge is 0.254 e. The average molecular weight is 367 g/mol. The maximum Gasteiger partial charge on any atom is 0.254 e. The second kappa shape index (κ2) is 9.52. The zero-order valence-corrected chi connectivity index (χ0v) is 15.9. The Morgan fingerprint density at radius 1 is 1.00 bits per heavy atom. The van der Waals surface area contributed by atoms with Gasteiger partial charge in [0, 0.05) is 30.4 Å². The van der Waals surface area contributed by atoms with Gasteiger partial charge in [-0.3, -0.25) is 14.4 Å². The van der Waals surface area contributed by atoms with Crippen LogP contribution in [0, 0.1) is 6.92 Å². The Labute approximate surface area is 159 Å². The molecule has 0 fully saturated rings. The molecule has 0 aromatic heterocycles. The van der Waals surface area contributed by atoms with Gasteiger partial charge in [-0.1, -0.05) is 31.2 Å². The topological polar surface area (TPSA) is 78.5 Å². The minimum Gasteiger partial charge on any atom is -0.329 e. The van der Waals surface area contributed by atoms with Crippen LogP contribution in [-0.4, -0.2) is 35.7 Å². The van der Waals surface area contributed by atoms with Crippen molar-refractivity contribution >= 4 is 29.1 Å². The third kappa shape index (κ3) is 5.95. The number of benzene rings is 2. The Kier molecular flexibility index (Phi) is 7.11. The molecule has 2 rings (SSSR count). The first-order valence-electron chi connectivity index (χ1n) is 8.93. The lowest BCUT2D eigenvalue weighted by molar-refractivity contribution is -0.117. The number of hydrogen-bond donors (Lipinski definition) is 2. The van der Waals surface area contributed by atoms with Crippen molar-refractivity contribution in [2.45, 2.75) is 27.2 Å². The van der Waals surface area contributed by atoms with Crippen LogP contribution in [-0.2, 0) is 9.59 Å². The van der Waals surface area contributed by atoms with Crippen molar-refractivity contribution in [3.63, 3.8) is 0 Å². The van der Waals surface area contributed by atoms with Gasteiger partial charge in [-0.15, -0.1) is 0 Å². The average Bonchev–Trinajstić information content (AvgIpc) is 2.62. The van der Waals surface area contributed by atoms with E-state index in [1.165, 1.54) is 11.8 Å². The van der Waals surface area contributed by atoms with Crippen molar-refractivity contribution < 1.29 is 14.4 Å². The number of carbonyl (C=O) groups is 3. The first kappa shape index (κ1) is 20.2. The number of carbonyl (C=O) groups excluding carboxylic acids is 3. The lowest BCUT2D eigenvalue weighted by Crippen LogP contribution is -2.38.